The number of benzene rings is 2. The summed E-state index contributed by atoms with van der Waals surface area (Å²) in [5.41, 5.74) is 1.93. The molecule has 0 spiro atoms. The van der Waals surface area contributed by atoms with Crippen molar-refractivity contribution in [1.82, 2.24) is 4.31 Å². The normalized spacial score (nSPS) is 11.9. The Balaban J connectivity index is 2.08. The van der Waals surface area contributed by atoms with E-state index in [2.05, 4.69) is 12.0 Å². The lowest BCUT2D eigenvalue weighted by molar-refractivity contribution is -0.144. The molecule has 0 aliphatic heterocycles. The van der Waals surface area contributed by atoms with E-state index in [-0.39, 0.29) is 11.5 Å². The summed E-state index contributed by atoms with van der Waals surface area (Å²) in [6.07, 6.45) is -0.493. The predicted molar refractivity (Wildman–Crippen MR) is 126 cm³/mol. The molecule has 0 heterocycles. The maximum atomic E-state index is 13.1. The van der Waals surface area contributed by atoms with Gasteiger partial charge in [0.25, 0.3) is 10.0 Å². The first-order valence-corrected chi connectivity index (χ1v) is 12.1. The van der Waals surface area contributed by atoms with Crippen molar-refractivity contribution in [3.05, 3.63) is 59.7 Å². The number of rotatable bonds is 10. The second-order valence-electron chi connectivity index (χ2n) is 7.75. The lowest BCUT2D eigenvalue weighted by atomic mass is 10.2. The molecule has 2 aromatic carbocycles. The molecule has 0 N–H and O–H groups in total. The molecular formula is C25H31NO6S. The second kappa shape index (κ2) is 12.3. The number of sulfonamides is 1. The van der Waals surface area contributed by atoms with Gasteiger partial charge in [-0.1, -0.05) is 29.8 Å². The number of ether oxygens (including phenoxy) is 3. The smallest absolute Gasteiger partial charge is 0.303 e. The minimum atomic E-state index is -3.83. The fourth-order valence-corrected chi connectivity index (χ4v) is 4.32. The van der Waals surface area contributed by atoms with E-state index < -0.39 is 28.1 Å². The molecule has 0 saturated carbocycles. The van der Waals surface area contributed by atoms with Crippen molar-refractivity contribution >= 4 is 16.0 Å². The van der Waals surface area contributed by atoms with Gasteiger partial charge in [0.15, 0.2) is 6.10 Å². The van der Waals surface area contributed by atoms with Crippen molar-refractivity contribution in [3.8, 4) is 17.7 Å². The van der Waals surface area contributed by atoms with Crippen LogP contribution in [-0.4, -0.2) is 44.6 Å². The summed E-state index contributed by atoms with van der Waals surface area (Å²) in [6.45, 7) is 7.31. The summed E-state index contributed by atoms with van der Waals surface area (Å²) in [5, 5.41) is 0. The monoisotopic (exact) mass is 473 g/mol. The molecule has 0 saturated heterocycles. The van der Waals surface area contributed by atoms with Crippen LogP contribution in [0.25, 0.3) is 0 Å². The van der Waals surface area contributed by atoms with Crippen LogP contribution in [0, 0.1) is 18.9 Å². The van der Waals surface area contributed by atoms with Crippen molar-refractivity contribution in [2.24, 2.45) is 0 Å². The van der Waals surface area contributed by atoms with E-state index >= 15 is 0 Å². The Morgan fingerprint density at radius 1 is 1.06 bits per heavy atom. The average Bonchev–Trinajstić information content (AvgIpc) is 2.76. The lowest BCUT2D eigenvalue weighted by Crippen LogP contribution is -2.33. The van der Waals surface area contributed by atoms with Crippen LogP contribution in [0.1, 0.15) is 38.3 Å². The molecule has 0 fully saturated rings. The molecule has 7 nitrogen and oxygen atoms in total. The van der Waals surface area contributed by atoms with Crippen molar-refractivity contribution in [3.63, 3.8) is 0 Å². The quantitative estimate of drug-likeness (QED) is 0.225. The number of methoxy groups -OCH3 is 1. The third kappa shape index (κ3) is 8.12. The molecule has 2 rings (SSSR count). The zero-order valence-corrected chi connectivity index (χ0v) is 20.5. The largest absolute Gasteiger partial charge is 0.497 e. The van der Waals surface area contributed by atoms with Crippen LogP contribution < -0.4 is 4.74 Å². The molecule has 0 aromatic heterocycles. The van der Waals surface area contributed by atoms with E-state index in [1.165, 1.54) is 6.92 Å². The van der Waals surface area contributed by atoms with Crippen molar-refractivity contribution in [2.45, 2.75) is 57.8 Å². The van der Waals surface area contributed by atoms with Crippen LogP contribution in [0.4, 0.5) is 0 Å². The highest BCUT2D eigenvalue weighted by atomic mass is 32.2. The molecule has 8 heteroatoms. The van der Waals surface area contributed by atoms with E-state index in [1.807, 2.05) is 31.2 Å². The number of hydrogen-bond donors (Lipinski definition) is 0. The van der Waals surface area contributed by atoms with Gasteiger partial charge >= 0.3 is 5.97 Å². The molecule has 0 radical (unpaired) electrons. The van der Waals surface area contributed by atoms with Crippen molar-refractivity contribution in [2.75, 3.05) is 13.7 Å². The lowest BCUT2D eigenvalue weighted by Gasteiger charge is -2.22. The van der Waals surface area contributed by atoms with Gasteiger partial charge in [0, 0.05) is 25.4 Å². The number of carbonyl (C=O) groups excluding carboxylic acids is 1. The van der Waals surface area contributed by atoms with Crippen LogP contribution >= 0.6 is 0 Å². The Bertz CT molecular complexity index is 1070. The van der Waals surface area contributed by atoms with Crippen molar-refractivity contribution in [1.29, 1.82) is 0 Å². The highest BCUT2D eigenvalue weighted by Crippen LogP contribution is 2.18. The number of esters is 1. The maximum Gasteiger partial charge on any atom is 0.303 e. The Hall–Kier alpha value is -3.02. The third-order valence-electron chi connectivity index (χ3n) is 4.64. The summed E-state index contributed by atoms with van der Waals surface area (Å²) in [6, 6.07) is 16.4. The first-order valence-electron chi connectivity index (χ1n) is 10.6. The highest BCUT2D eigenvalue weighted by molar-refractivity contribution is 7.89. The molecule has 2 aromatic rings. The molecule has 0 aliphatic rings. The van der Waals surface area contributed by atoms with Gasteiger partial charge in [0.1, 0.15) is 5.75 Å². The summed E-state index contributed by atoms with van der Waals surface area (Å²) in [7, 11) is -2.23. The van der Waals surface area contributed by atoms with E-state index in [1.54, 1.807) is 45.2 Å². The van der Waals surface area contributed by atoms with E-state index in [4.69, 9.17) is 14.2 Å². The Labute approximate surface area is 196 Å². The molecule has 178 valence electrons. The van der Waals surface area contributed by atoms with Crippen LogP contribution in [0.15, 0.2) is 53.4 Å². The topological polar surface area (TPSA) is 82.1 Å². The number of carbonyl (C=O) groups is 1. The van der Waals surface area contributed by atoms with Crippen LogP contribution in [0.5, 0.6) is 5.75 Å². The van der Waals surface area contributed by atoms with Gasteiger partial charge in [0.05, 0.1) is 25.2 Å². The zero-order chi connectivity index (χ0) is 24.4. The highest BCUT2D eigenvalue weighted by Gasteiger charge is 2.25. The first kappa shape index (κ1) is 26.2. The average molecular weight is 474 g/mol. The molecule has 0 bridgehead atoms. The Morgan fingerprint density at radius 3 is 2.24 bits per heavy atom. The Morgan fingerprint density at radius 2 is 1.70 bits per heavy atom. The minimum Gasteiger partial charge on any atom is -0.497 e. The second-order valence-corrected chi connectivity index (χ2v) is 9.57. The van der Waals surface area contributed by atoms with Gasteiger partial charge < -0.3 is 14.2 Å². The molecule has 1 atom stereocenters. The van der Waals surface area contributed by atoms with E-state index in [0.29, 0.717) is 13.0 Å². The summed E-state index contributed by atoms with van der Waals surface area (Å²) in [4.78, 5) is 11.7. The van der Waals surface area contributed by atoms with Gasteiger partial charge in [-0.15, -0.1) is 0 Å². The van der Waals surface area contributed by atoms with Gasteiger partial charge in [0.2, 0.25) is 0 Å². The zero-order valence-electron chi connectivity index (χ0n) is 19.7. The minimum absolute atomic E-state index is 0.156. The standard InChI is InChI=1S/C25H31NO6S/c1-19(2)26(33(28,29)25-12-6-20(3)7-13-25)16-14-24(32-21(4)27)15-17-31-18-22-8-10-23(30-5)11-9-22/h6-13,19,24H,15,17-18H2,1-5H3. The fourth-order valence-electron chi connectivity index (χ4n) is 2.89. The SMILES string of the molecule is COc1ccc(COCCC(C#CN(C(C)C)S(=O)(=O)c2ccc(C)cc2)OC(C)=O)cc1. The van der Waals surface area contributed by atoms with Crippen LogP contribution in [-0.2, 0) is 30.9 Å². The fraction of sp³-hybridized carbons (Fsp3) is 0.400. The summed E-state index contributed by atoms with van der Waals surface area (Å²) in [5.74, 6) is 3.06. The number of aryl methyl sites for hydroxylation is 1. The summed E-state index contributed by atoms with van der Waals surface area (Å²) >= 11 is 0. The number of nitrogens with zero attached hydrogens (tertiary/aromatic N) is 1. The molecule has 0 aliphatic carbocycles. The molecular weight excluding hydrogens is 442 g/mol. The van der Waals surface area contributed by atoms with E-state index in [9.17, 15) is 13.2 Å². The third-order valence-corrected chi connectivity index (χ3v) is 6.54. The van der Waals surface area contributed by atoms with Crippen LogP contribution in [0.2, 0.25) is 0 Å². The van der Waals surface area contributed by atoms with Gasteiger partial charge in [-0.3, -0.25) is 4.79 Å². The van der Waals surface area contributed by atoms with Gasteiger partial charge in [-0.25, -0.2) is 12.7 Å². The van der Waals surface area contributed by atoms with Gasteiger partial charge in [-0.2, -0.15) is 0 Å². The van der Waals surface area contributed by atoms with Crippen molar-refractivity contribution < 1.29 is 27.4 Å². The molecule has 1 unspecified atom stereocenters. The maximum absolute atomic E-state index is 13.1. The first-order chi connectivity index (χ1) is 15.6. The summed E-state index contributed by atoms with van der Waals surface area (Å²) < 4.78 is 43.3. The molecule has 33 heavy (non-hydrogen) atoms. The van der Waals surface area contributed by atoms with Gasteiger partial charge in [-0.05, 0) is 56.5 Å². The molecule has 0 amide bonds. The predicted octanol–water partition coefficient (Wildman–Crippen LogP) is 3.90. The van der Waals surface area contributed by atoms with E-state index in [0.717, 1.165) is 21.2 Å². The number of hydrogen-bond acceptors (Lipinski definition) is 6. The van der Waals surface area contributed by atoms with Crippen LogP contribution in [0.3, 0.4) is 0 Å². The Kier molecular flexibility index (Phi) is 9.76.